The number of carbonyl (C=O) groups is 2. The topological polar surface area (TPSA) is 55.4 Å². The van der Waals surface area contributed by atoms with E-state index in [-0.39, 0.29) is 11.8 Å². The molecule has 2 amide bonds. The quantitative estimate of drug-likeness (QED) is 0.386. The van der Waals surface area contributed by atoms with Gasteiger partial charge in [-0.15, -0.1) is 0 Å². The van der Waals surface area contributed by atoms with Crippen LogP contribution in [-0.4, -0.2) is 24.5 Å². The first-order chi connectivity index (χ1) is 4.25. The minimum atomic E-state index is -0.824. The van der Waals surface area contributed by atoms with Gasteiger partial charge in [0.2, 0.25) is 6.10 Å². The Morgan fingerprint density at radius 1 is 1.56 bits per heavy atom. The molecule has 0 atom stereocenters. The molecule has 0 aromatic heterocycles. The van der Waals surface area contributed by atoms with Crippen molar-refractivity contribution >= 4 is 11.8 Å². The fourth-order valence-corrected chi connectivity index (χ4v) is 0.612. The van der Waals surface area contributed by atoms with E-state index in [9.17, 15) is 9.59 Å². The van der Waals surface area contributed by atoms with Crippen LogP contribution in [0.3, 0.4) is 0 Å². The number of hydrogen-bond acceptors (Lipinski definition) is 3. The maximum absolute atomic E-state index is 10.4. The van der Waals surface area contributed by atoms with E-state index in [4.69, 9.17) is 4.74 Å². The summed E-state index contributed by atoms with van der Waals surface area (Å²) >= 11 is 0. The number of imide groups is 1. The van der Waals surface area contributed by atoms with Crippen LogP contribution in [0.15, 0.2) is 0 Å². The zero-order valence-corrected chi connectivity index (χ0v) is 5.01. The van der Waals surface area contributed by atoms with Crippen LogP contribution in [0.2, 0.25) is 0 Å². The predicted molar refractivity (Wildman–Crippen MR) is 28.6 cm³/mol. The molecular weight excluding hydrogens is 122 g/mol. The second-order valence-electron chi connectivity index (χ2n) is 1.69. The van der Waals surface area contributed by atoms with Crippen LogP contribution in [-0.2, 0) is 14.3 Å². The van der Waals surface area contributed by atoms with Crippen LogP contribution >= 0.6 is 0 Å². The lowest BCUT2D eigenvalue weighted by atomic mass is 10.2. The normalized spacial score (nSPS) is 19.2. The minimum Gasteiger partial charge on any atom is -0.359 e. The fourth-order valence-electron chi connectivity index (χ4n) is 0.612. The number of amides is 2. The molecule has 1 fully saturated rings. The lowest BCUT2D eigenvalue weighted by Crippen LogP contribution is -2.59. The molecule has 4 heteroatoms. The van der Waals surface area contributed by atoms with Crippen molar-refractivity contribution in [2.75, 3.05) is 6.61 Å². The summed E-state index contributed by atoms with van der Waals surface area (Å²) in [6.45, 7) is 2.13. The van der Waals surface area contributed by atoms with E-state index in [0.29, 0.717) is 6.61 Å². The molecule has 1 rings (SSSR count). The van der Waals surface area contributed by atoms with Gasteiger partial charge < -0.3 is 4.74 Å². The van der Waals surface area contributed by atoms with Crippen molar-refractivity contribution in [3.63, 3.8) is 0 Å². The second kappa shape index (κ2) is 2.14. The van der Waals surface area contributed by atoms with Gasteiger partial charge in [0.25, 0.3) is 11.8 Å². The molecule has 0 aliphatic carbocycles. The van der Waals surface area contributed by atoms with Gasteiger partial charge in [0.1, 0.15) is 0 Å². The van der Waals surface area contributed by atoms with Gasteiger partial charge in [-0.25, -0.2) is 0 Å². The van der Waals surface area contributed by atoms with Crippen LogP contribution in [0.5, 0.6) is 0 Å². The highest BCUT2D eigenvalue weighted by Crippen LogP contribution is 2.01. The fraction of sp³-hybridized carbons (Fsp3) is 0.600. The molecule has 1 saturated heterocycles. The number of nitrogens with one attached hydrogen (secondary N) is 1. The molecule has 0 unspecified atom stereocenters. The summed E-state index contributed by atoms with van der Waals surface area (Å²) in [5.41, 5.74) is 0. The molecule has 1 aliphatic rings. The average Bonchev–Trinajstić information content (AvgIpc) is 1.84. The molecule has 0 saturated carbocycles. The Labute approximate surface area is 52.2 Å². The second-order valence-corrected chi connectivity index (χ2v) is 1.69. The molecule has 0 spiro atoms. The summed E-state index contributed by atoms with van der Waals surface area (Å²) in [6, 6.07) is 0. The Morgan fingerprint density at radius 2 is 2.11 bits per heavy atom. The average molecular weight is 129 g/mol. The Kier molecular flexibility index (Phi) is 1.48. The third kappa shape index (κ3) is 0.929. The standard InChI is InChI=1S/C5H7NO3/c1-2-9-3-4(7)6-5(3)8/h3H,2H2,1H3,(H,6,7,8). The predicted octanol–water partition coefficient (Wildman–Crippen LogP) is -0.952. The molecule has 1 heterocycles. The number of hydrogen-bond donors (Lipinski definition) is 1. The SMILES string of the molecule is CCOC1C(=O)NC1=O. The van der Waals surface area contributed by atoms with Gasteiger partial charge in [-0.2, -0.15) is 0 Å². The molecule has 1 N–H and O–H groups in total. The third-order valence-electron chi connectivity index (χ3n) is 1.06. The Balaban J connectivity index is 2.39. The van der Waals surface area contributed by atoms with Gasteiger partial charge in [-0.1, -0.05) is 0 Å². The van der Waals surface area contributed by atoms with E-state index < -0.39 is 6.10 Å². The van der Waals surface area contributed by atoms with E-state index in [0.717, 1.165) is 0 Å². The lowest BCUT2D eigenvalue weighted by Gasteiger charge is -2.22. The van der Waals surface area contributed by atoms with Crippen molar-refractivity contribution in [2.45, 2.75) is 13.0 Å². The smallest absolute Gasteiger partial charge is 0.265 e. The Bertz CT molecular complexity index is 140. The van der Waals surface area contributed by atoms with Gasteiger partial charge in [0.15, 0.2) is 0 Å². The van der Waals surface area contributed by atoms with E-state index in [1.54, 1.807) is 6.92 Å². The summed E-state index contributed by atoms with van der Waals surface area (Å²) in [5.74, 6) is -0.663. The van der Waals surface area contributed by atoms with Crippen LogP contribution in [0.25, 0.3) is 0 Å². The first kappa shape index (κ1) is 6.22. The number of β-lactam (4-membered cyclic amide) rings is 2. The summed E-state index contributed by atoms with van der Waals surface area (Å²) in [7, 11) is 0. The van der Waals surface area contributed by atoms with Crippen molar-refractivity contribution in [3.8, 4) is 0 Å². The third-order valence-corrected chi connectivity index (χ3v) is 1.06. The van der Waals surface area contributed by atoms with Crippen molar-refractivity contribution in [1.29, 1.82) is 0 Å². The monoisotopic (exact) mass is 129 g/mol. The molecule has 50 valence electrons. The Morgan fingerprint density at radius 3 is 2.33 bits per heavy atom. The molecule has 4 nitrogen and oxygen atoms in total. The van der Waals surface area contributed by atoms with Crippen molar-refractivity contribution in [2.24, 2.45) is 0 Å². The van der Waals surface area contributed by atoms with Gasteiger partial charge >= 0.3 is 0 Å². The molecule has 9 heavy (non-hydrogen) atoms. The highest BCUT2D eigenvalue weighted by molar-refractivity contribution is 6.20. The van der Waals surface area contributed by atoms with E-state index in [1.165, 1.54) is 0 Å². The molecule has 0 aromatic carbocycles. The zero-order valence-electron chi connectivity index (χ0n) is 5.01. The Hall–Kier alpha value is -0.900. The molecule has 0 radical (unpaired) electrons. The molecule has 0 bridgehead atoms. The van der Waals surface area contributed by atoms with E-state index in [1.807, 2.05) is 5.32 Å². The van der Waals surface area contributed by atoms with Crippen molar-refractivity contribution < 1.29 is 14.3 Å². The minimum absolute atomic E-state index is 0.332. The van der Waals surface area contributed by atoms with Crippen LogP contribution in [0, 0.1) is 0 Å². The van der Waals surface area contributed by atoms with E-state index in [2.05, 4.69) is 0 Å². The van der Waals surface area contributed by atoms with Gasteiger partial charge in [0.05, 0.1) is 0 Å². The molecule has 0 aromatic rings. The summed E-state index contributed by atoms with van der Waals surface area (Å²) in [6.07, 6.45) is -0.824. The maximum atomic E-state index is 10.4. The number of carbonyl (C=O) groups excluding carboxylic acids is 2. The summed E-state index contributed by atoms with van der Waals surface area (Å²) in [4.78, 5) is 20.7. The van der Waals surface area contributed by atoms with Crippen molar-refractivity contribution in [1.82, 2.24) is 5.32 Å². The van der Waals surface area contributed by atoms with Gasteiger partial charge in [0, 0.05) is 6.61 Å². The number of rotatable bonds is 2. The first-order valence-corrected chi connectivity index (χ1v) is 2.72. The summed E-state index contributed by atoms with van der Waals surface area (Å²) in [5, 5.41) is 2.04. The number of ether oxygens (including phenoxy) is 1. The van der Waals surface area contributed by atoms with Gasteiger partial charge in [-0.3, -0.25) is 14.9 Å². The zero-order chi connectivity index (χ0) is 6.85. The maximum Gasteiger partial charge on any atom is 0.265 e. The molecular formula is C5H7NO3. The van der Waals surface area contributed by atoms with E-state index >= 15 is 0 Å². The first-order valence-electron chi connectivity index (χ1n) is 2.72. The largest absolute Gasteiger partial charge is 0.359 e. The van der Waals surface area contributed by atoms with Crippen molar-refractivity contribution in [3.05, 3.63) is 0 Å². The summed E-state index contributed by atoms with van der Waals surface area (Å²) < 4.78 is 4.74. The lowest BCUT2D eigenvalue weighted by molar-refractivity contribution is -0.158. The molecule has 1 aliphatic heterocycles. The van der Waals surface area contributed by atoms with Crippen LogP contribution in [0.1, 0.15) is 6.92 Å². The van der Waals surface area contributed by atoms with Crippen LogP contribution in [0.4, 0.5) is 0 Å². The highest BCUT2D eigenvalue weighted by atomic mass is 16.5. The van der Waals surface area contributed by atoms with Crippen LogP contribution < -0.4 is 5.32 Å². The van der Waals surface area contributed by atoms with Gasteiger partial charge in [-0.05, 0) is 6.92 Å². The highest BCUT2D eigenvalue weighted by Gasteiger charge is 2.38.